The molecule has 1 aliphatic heterocycles. The van der Waals surface area contributed by atoms with Crippen LogP contribution in [0.2, 0.25) is 0 Å². The van der Waals surface area contributed by atoms with Gasteiger partial charge in [0.25, 0.3) is 5.56 Å². The van der Waals surface area contributed by atoms with E-state index < -0.39 is 0 Å². The fourth-order valence-corrected chi connectivity index (χ4v) is 2.26. The van der Waals surface area contributed by atoms with Gasteiger partial charge in [-0.25, -0.2) is 0 Å². The van der Waals surface area contributed by atoms with Crippen LogP contribution in [-0.2, 0) is 13.0 Å². The topological polar surface area (TPSA) is 34.0 Å². The summed E-state index contributed by atoms with van der Waals surface area (Å²) in [5, 5.41) is 3.35. The molecule has 1 aromatic carbocycles. The molecule has 0 unspecified atom stereocenters. The van der Waals surface area contributed by atoms with Gasteiger partial charge in [0.2, 0.25) is 0 Å². The molecule has 2 heterocycles. The van der Waals surface area contributed by atoms with Crippen molar-refractivity contribution in [2.45, 2.75) is 13.0 Å². The first-order chi connectivity index (χ1) is 8.34. The Morgan fingerprint density at radius 2 is 2.06 bits per heavy atom. The predicted octanol–water partition coefficient (Wildman–Crippen LogP) is 1.48. The SMILES string of the molecule is O=c1ccccn1-c1ccc2c(c1)CNCC2. The molecule has 0 atom stereocenters. The number of fused-ring (bicyclic) bond motifs is 1. The summed E-state index contributed by atoms with van der Waals surface area (Å²) in [6.45, 7) is 1.93. The van der Waals surface area contributed by atoms with E-state index in [0.29, 0.717) is 0 Å². The van der Waals surface area contributed by atoms with Crippen LogP contribution in [0.25, 0.3) is 5.69 Å². The fraction of sp³-hybridized carbons (Fsp3) is 0.214. The number of aromatic nitrogens is 1. The van der Waals surface area contributed by atoms with Crippen LogP contribution in [0.15, 0.2) is 47.4 Å². The molecule has 3 nitrogen and oxygen atoms in total. The number of benzene rings is 1. The minimum atomic E-state index is 0.0104. The van der Waals surface area contributed by atoms with Crippen molar-refractivity contribution in [1.29, 1.82) is 0 Å². The quantitative estimate of drug-likeness (QED) is 0.799. The van der Waals surface area contributed by atoms with E-state index in [1.165, 1.54) is 11.1 Å². The highest BCUT2D eigenvalue weighted by Gasteiger charge is 2.09. The summed E-state index contributed by atoms with van der Waals surface area (Å²) < 4.78 is 1.68. The summed E-state index contributed by atoms with van der Waals surface area (Å²) in [7, 11) is 0. The van der Waals surface area contributed by atoms with E-state index in [-0.39, 0.29) is 5.56 Å². The third-order valence-corrected chi connectivity index (χ3v) is 3.18. The van der Waals surface area contributed by atoms with E-state index in [1.54, 1.807) is 22.9 Å². The molecule has 0 saturated heterocycles. The van der Waals surface area contributed by atoms with Gasteiger partial charge in [-0.3, -0.25) is 9.36 Å². The van der Waals surface area contributed by atoms with E-state index in [4.69, 9.17) is 0 Å². The zero-order valence-corrected chi connectivity index (χ0v) is 9.52. The molecule has 1 aromatic heterocycles. The predicted molar refractivity (Wildman–Crippen MR) is 67.4 cm³/mol. The van der Waals surface area contributed by atoms with Crippen LogP contribution in [0.4, 0.5) is 0 Å². The Labute approximate surface area is 99.7 Å². The van der Waals surface area contributed by atoms with Crippen LogP contribution in [-0.4, -0.2) is 11.1 Å². The molecule has 0 radical (unpaired) electrons. The van der Waals surface area contributed by atoms with Crippen LogP contribution in [0.1, 0.15) is 11.1 Å². The monoisotopic (exact) mass is 226 g/mol. The second-order valence-corrected chi connectivity index (χ2v) is 4.29. The van der Waals surface area contributed by atoms with E-state index in [1.807, 2.05) is 12.1 Å². The molecule has 3 heteroatoms. The second-order valence-electron chi connectivity index (χ2n) is 4.29. The summed E-state index contributed by atoms with van der Waals surface area (Å²) in [6, 6.07) is 11.5. The van der Waals surface area contributed by atoms with Gasteiger partial charge in [0.1, 0.15) is 0 Å². The molecule has 0 saturated carbocycles. The van der Waals surface area contributed by atoms with Gasteiger partial charge >= 0.3 is 0 Å². The number of pyridine rings is 1. The molecule has 0 amide bonds. The van der Waals surface area contributed by atoms with Gasteiger partial charge < -0.3 is 5.32 Å². The summed E-state index contributed by atoms with van der Waals surface area (Å²) in [4.78, 5) is 11.7. The summed E-state index contributed by atoms with van der Waals surface area (Å²) >= 11 is 0. The molecule has 1 N–H and O–H groups in total. The molecular weight excluding hydrogens is 212 g/mol. The molecule has 0 fully saturated rings. The standard InChI is InChI=1S/C14H14N2O/c17-14-3-1-2-8-16(14)13-5-4-11-6-7-15-10-12(11)9-13/h1-5,8-9,15H,6-7,10H2. The average molecular weight is 226 g/mol. The lowest BCUT2D eigenvalue weighted by Crippen LogP contribution is -2.24. The van der Waals surface area contributed by atoms with Crippen LogP contribution in [0.3, 0.4) is 0 Å². The van der Waals surface area contributed by atoms with Crippen molar-refractivity contribution in [3.8, 4) is 5.69 Å². The second kappa shape index (κ2) is 4.18. The van der Waals surface area contributed by atoms with E-state index >= 15 is 0 Å². The summed E-state index contributed by atoms with van der Waals surface area (Å²) in [5.41, 5.74) is 3.63. The Morgan fingerprint density at radius 1 is 1.12 bits per heavy atom. The third-order valence-electron chi connectivity index (χ3n) is 3.18. The van der Waals surface area contributed by atoms with Crippen molar-refractivity contribution < 1.29 is 0 Å². The maximum Gasteiger partial charge on any atom is 0.255 e. The molecule has 0 bridgehead atoms. The molecule has 17 heavy (non-hydrogen) atoms. The minimum Gasteiger partial charge on any atom is -0.312 e. The van der Waals surface area contributed by atoms with Gasteiger partial charge in [-0.1, -0.05) is 12.1 Å². The van der Waals surface area contributed by atoms with Crippen molar-refractivity contribution in [1.82, 2.24) is 9.88 Å². The highest BCUT2D eigenvalue weighted by atomic mass is 16.1. The molecule has 2 aromatic rings. The van der Waals surface area contributed by atoms with Gasteiger partial charge in [-0.15, -0.1) is 0 Å². The van der Waals surface area contributed by atoms with Gasteiger partial charge in [-0.05, 0) is 42.3 Å². The Balaban J connectivity index is 2.10. The highest BCUT2D eigenvalue weighted by Crippen LogP contribution is 2.17. The maximum atomic E-state index is 11.7. The summed E-state index contributed by atoms with van der Waals surface area (Å²) in [5.74, 6) is 0. The zero-order chi connectivity index (χ0) is 11.7. The normalized spacial score (nSPS) is 14.4. The van der Waals surface area contributed by atoms with E-state index in [9.17, 15) is 4.79 Å². The number of rotatable bonds is 1. The molecule has 0 spiro atoms. The van der Waals surface area contributed by atoms with Crippen LogP contribution in [0.5, 0.6) is 0 Å². The fourth-order valence-electron chi connectivity index (χ4n) is 2.26. The van der Waals surface area contributed by atoms with Gasteiger partial charge in [0, 0.05) is 24.5 Å². The van der Waals surface area contributed by atoms with Crippen molar-refractivity contribution in [2.75, 3.05) is 6.54 Å². The lowest BCUT2D eigenvalue weighted by Gasteiger charge is -2.18. The third kappa shape index (κ3) is 1.89. The number of hydrogen-bond acceptors (Lipinski definition) is 2. The Hall–Kier alpha value is -1.87. The number of nitrogens with one attached hydrogen (secondary N) is 1. The minimum absolute atomic E-state index is 0.0104. The Morgan fingerprint density at radius 3 is 2.94 bits per heavy atom. The van der Waals surface area contributed by atoms with Crippen molar-refractivity contribution >= 4 is 0 Å². The van der Waals surface area contributed by atoms with Crippen LogP contribution < -0.4 is 10.9 Å². The lowest BCUT2D eigenvalue weighted by molar-refractivity contribution is 0.643. The van der Waals surface area contributed by atoms with Crippen LogP contribution in [0, 0.1) is 0 Å². The average Bonchev–Trinajstić information content (AvgIpc) is 2.39. The zero-order valence-electron chi connectivity index (χ0n) is 9.52. The highest BCUT2D eigenvalue weighted by molar-refractivity contribution is 5.41. The Kier molecular flexibility index (Phi) is 2.53. The van der Waals surface area contributed by atoms with Crippen LogP contribution >= 0.6 is 0 Å². The Bertz CT molecular complexity index is 601. The van der Waals surface area contributed by atoms with Gasteiger partial charge in [0.05, 0.1) is 0 Å². The molecule has 3 rings (SSSR count). The lowest BCUT2D eigenvalue weighted by atomic mass is 10.0. The van der Waals surface area contributed by atoms with E-state index in [2.05, 4.69) is 17.4 Å². The van der Waals surface area contributed by atoms with Crippen molar-refractivity contribution in [3.63, 3.8) is 0 Å². The summed E-state index contributed by atoms with van der Waals surface area (Å²) in [6.07, 6.45) is 2.87. The smallest absolute Gasteiger partial charge is 0.255 e. The largest absolute Gasteiger partial charge is 0.312 e. The number of nitrogens with zero attached hydrogens (tertiary/aromatic N) is 1. The van der Waals surface area contributed by atoms with Crippen molar-refractivity contribution in [3.05, 3.63) is 64.1 Å². The molecule has 1 aliphatic rings. The van der Waals surface area contributed by atoms with Gasteiger partial charge in [0.15, 0.2) is 0 Å². The van der Waals surface area contributed by atoms with Crippen molar-refractivity contribution in [2.24, 2.45) is 0 Å². The first-order valence-corrected chi connectivity index (χ1v) is 5.85. The molecule has 0 aliphatic carbocycles. The van der Waals surface area contributed by atoms with Gasteiger partial charge in [-0.2, -0.15) is 0 Å². The first-order valence-electron chi connectivity index (χ1n) is 5.85. The number of hydrogen-bond donors (Lipinski definition) is 1. The maximum absolute atomic E-state index is 11.7. The molecular formula is C14H14N2O. The molecule has 86 valence electrons. The van der Waals surface area contributed by atoms with E-state index in [0.717, 1.165) is 25.2 Å². The first kappa shape index (κ1) is 10.3.